The van der Waals surface area contributed by atoms with Gasteiger partial charge in [0.25, 0.3) is 0 Å². The topological polar surface area (TPSA) is 77.3 Å². The van der Waals surface area contributed by atoms with E-state index in [1.54, 1.807) is 25.5 Å². The summed E-state index contributed by atoms with van der Waals surface area (Å²) in [6.07, 6.45) is 6.67. The van der Waals surface area contributed by atoms with E-state index in [0.717, 1.165) is 0 Å². The molecule has 1 saturated heterocycles. The number of rotatable bonds is 4. The number of sulfonamides is 1. The van der Waals surface area contributed by atoms with Crippen LogP contribution >= 0.6 is 0 Å². The third-order valence-corrected chi connectivity index (χ3v) is 5.18. The zero-order valence-corrected chi connectivity index (χ0v) is 12.4. The Kier molecular flexibility index (Phi) is 3.64. The Morgan fingerprint density at radius 2 is 2.24 bits per heavy atom. The molecule has 0 spiro atoms. The molecule has 0 aliphatic carbocycles. The Bertz CT molecular complexity index is 714. The van der Waals surface area contributed by atoms with E-state index in [1.165, 1.54) is 21.4 Å². The lowest BCUT2D eigenvalue weighted by molar-refractivity contribution is 0.214. The van der Waals surface area contributed by atoms with Crippen LogP contribution in [0.15, 0.2) is 41.8 Å². The fourth-order valence-electron chi connectivity index (χ4n) is 2.30. The predicted octanol–water partition coefficient (Wildman–Crippen LogP) is 0.657. The maximum atomic E-state index is 12.5. The van der Waals surface area contributed by atoms with Gasteiger partial charge in [-0.3, -0.25) is 9.67 Å². The van der Waals surface area contributed by atoms with Crippen LogP contribution in [0.3, 0.4) is 0 Å². The average molecular weight is 308 g/mol. The van der Waals surface area contributed by atoms with Crippen molar-refractivity contribution in [3.63, 3.8) is 0 Å². The molecule has 1 aliphatic rings. The Labute approximate surface area is 123 Å². The molecule has 1 atom stereocenters. The molecule has 1 unspecified atom stereocenters. The zero-order valence-electron chi connectivity index (χ0n) is 11.6. The molecule has 112 valence electrons. The van der Waals surface area contributed by atoms with Crippen molar-refractivity contribution in [2.24, 2.45) is 7.05 Å². The number of nitrogens with zero attached hydrogens (tertiary/aromatic N) is 4. The van der Waals surface area contributed by atoms with Gasteiger partial charge in [-0.2, -0.15) is 9.40 Å². The number of ether oxygens (including phenoxy) is 1. The molecule has 3 rings (SSSR count). The molecular formula is C13H16N4O3S. The molecule has 2 aromatic heterocycles. The molecule has 0 N–H and O–H groups in total. The maximum absolute atomic E-state index is 12.5. The first-order chi connectivity index (χ1) is 10.1. The van der Waals surface area contributed by atoms with Gasteiger partial charge in [0.05, 0.1) is 18.9 Å². The van der Waals surface area contributed by atoms with Gasteiger partial charge in [-0.15, -0.1) is 0 Å². The van der Waals surface area contributed by atoms with E-state index in [-0.39, 0.29) is 11.0 Å². The summed E-state index contributed by atoms with van der Waals surface area (Å²) in [6, 6.07) is 3.60. The second kappa shape index (κ2) is 5.45. The smallest absolute Gasteiger partial charge is 0.246 e. The highest BCUT2D eigenvalue weighted by Crippen LogP contribution is 2.23. The van der Waals surface area contributed by atoms with Gasteiger partial charge >= 0.3 is 0 Å². The molecule has 2 aromatic rings. The molecule has 21 heavy (non-hydrogen) atoms. The first-order valence-corrected chi connectivity index (χ1v) is 8.05. The first-order valence-electron chi connectivity index (χ1n) is 6.61. The molecule has 0 radical (unpaired) electrons. The van der Waals surface area contributed by atoms with E-state index < -0.39 is 10.0 Å². The van der Waals surface area contributed by atoms with Gasteiger partial charge < -0.3 is 4.74 Å². The highest BCUT2D eigenvalue weighted by atomic mass is 32.2. The lowest BCUT2D eigenvalue weighted by Gasteiger charge is -2.16. The van der Waals surface area contributed by atoms with Gasteiger partial charge in [-0.1, -0.05) is 0 Å². The van der Waals surface area contributed by atoms with Crippen LogP contribution in [0.1, 0.15) is 6.42 Å². The minimum absolute atomic E-state index is 0.152. The molecule has 0 saturated carbocycles. The van der Waals surface area contributed by atoms with Crippen LogP contribution in [0.25, 0.3) is 0 Å². The van der Waals surface area contributed by atoms with Gasteiger partial charge in [-0.25, -0.2) is 8.42 Å². The largest absolute Gasteiger partial charge is 0.487 e. The fraction of sp³-hybridized carbons (Fsp3) is 0.385. The van der Waals surface area contributed by atoms with Crippen LogP contribution in [0, 0.1) is 0 Å². The van der Waals surface area contributed by atoms with Crippen molar-refractivity contribution in [2.75, 3.05) is 13.1 Å². The third-order valence-electron chi connectivity index (χ3n) is 3.36. The summed E-state index contributed by atoms with van der Waals surface area (Å²) in [4.78, 5) is 4.19. The average Bonchev–Trinajstić information content (AvgIpc) is 3.10. The molecule has 0 aromatic carbocycles. The second-order valence-corrected chi connectivity index (χ2v) is 6.87. The SMILES string of the molecule is Cn1cc(S(=O)(=O)N2CCC(Oc3cccnc3)C2)cn1. The molecule has 8 heteroatoms. The Morgan fingerprint density at radius 3 is 2.90 bits per heavy atom. The number of pyridine rings is 1. The minimum atomic E-state index is -3.49. The van der Waals surface area contributed by atoms with Gasteiger partial charge in [-0.05, 0) is 18.6 Å². The summed E-state index contributed by atoms with van der Waals surface area (Å²) in [7, 11) is -1.80. The van der Waals surface area contributed by atoms with Crippen LogP contribution in [-0.2, 0) is 17.1 Å². The number of aromatic nitrogens is 3. The van der Waals surface area contributed by atoms with Crippen molar-refractivity contribution in [1.29, 1.82) is 0 Å². The Balaban J connectivity index is 1.69. The van der Waals surface area contributed by atoms with E-state index in [2.05, 4.69) is 10.1 Å². The highest BCUT2D eigenvalue weighted by Gasteiger charge is 2.34. The van der Waals surface area contributed by atoms with Crippen molar-refractivity contribution in [1.82, 2.24) is 19.1 Å². The van der Waals surface area contributed by atoms with Gasteiger partial charge in [0.2, 0.25) is 10.0 Å². The minimum Gasteiger partial charge on any atom is -0.487 e. The Morgan fingerprint density at radius 1 is 1.38 bits per heavy atom. The standard InChI is InChI=1S/C13H16N4O3S/c1-16-10-13(8-15-16)21(18,19)17-6-4-12(9-17)20-11-3-2-5-14-7-11/h2-3,5,7-8,10,12H,4,6,9H2,1H3. The van der Waals surface area contributed by atoms with Crippen LogP contribution < -0.4 is 4.74 Å². The van der Waals surface area contributed by atoms with Crippen LogP contribution in [0.5, 0.6) is 5.75 Å². The molecule has 0 amide bonds. The lowest BCUT2D eigenvalue weighted by Crippen LogP contribution is -2.30. The van der Waals surface area contributed by atoms with Crippen LogP contribution in [-0.4, -0.2) is 46.7 Å². The van der Waals surface area contributed by atoms with E-state index in [0.29, 0.717) is 25.3 Å². The third kappa shape index (κ3) is 2.91. The second-order valence-electron chi connectivity index (χ2n) is 4.93. The van der Waals surface area contributed by atoms with E-state index >= 15 is 0 Å². The molecule has 0 bridgehead atoms. The van der Waals surface area contributed by atoms with Gasteiger partial charge in [0.1, 0.15) is 16.7 Å². The van der Waals surface area contributed by atoms with Crippen molar-refractivity contribution in [3.8, 4) is 5.75 Å². The normalized spacial score (nSPS) is 19.8. The zero-order chi connectivity index (χ0) is 14.9. The van der Waals surface area contributed by atoms with E-state index in [4.69, 9.17) is 4.74 Å². The molecule has 3 heterocycles. The van der Waals surface area contributed by atoms with Crippen molar-refractivity contribution in [3.05, 3.63) is 36.9 Å². The predicted molar refractivity (Wildman–Crippen MR) is 75.2 cm³/mol. The monoisotopic (exact) mass is 308 g/mol. The van der Waals surface area contributed by atoms with Crippen molar-refractivity contribution < 1.29 is 13.2 Å². The van der Waals surface area contributed by atoms with E-state index in [1.807, 2.05) is 6.07 Å². The molecule has 7 nitrogen and oxygen atoms in total. The molecular weight excluding hydrogens is 292 g/mol. The summed E-state index contributed by atoms with van der Waals surface area (Å²) < 4.78 is 33.6. The first kappa shape index (κ1) is 14.0. The van der Waals surface area contributed by atoms with Crippen molar-refractivity contribution >= 4 is 10.0 Å². The molecule has 1 aliphatic heterocycles. The van der Waals surface area contributed by atoms with Gasteiger partial charge in [0.15, 0.2) is 0 Å². The summed E-state index contributed by atoms with van der Waals surface area (Å²) in [6.45, 7) is 0.786. The van der Waals surface area contributed by atoms with Crippen LogP contribution in [0.4, 0.5) is 0 Å². The number of aryl methyl sites for hydroxylation is 1. The molecule has 1 fully saturated rings. The summed E-state index contributed by atoms with van der Waals surface area (Å²) in [5.74, 6) is 0.656. The number of hydrogen-bond acceptors (Lipinski definition) is 5. The quantitative estimate of drug-likeness (QED) is 0.829. The lowest BCUT2D eigenvalue weighted by atomic mass is 10.3. The summed E-state index contributed by atoms with van der Waals surface area (Å²) in [5, 5.41) is 3.91. The van der Waals surface area contributed by atoms with Gasteiger partial charge in [0, 0.05) is 26.0 Å². The van der Waals surface area contributed by atoms with Crippen molar-refractivity contribution in [2.45, 2.75) is 17.4 Å². The van der Waals surface area contributed by atoms with Crippen LogP contribution in [0.2, 0.25) is 0 Å². The highest BCUT2D eigenvalue weighted by molar-refractivity contribution is 7.89. The Hall–Kier alpha value is -1.93. The summed E-state index contributed by atoms with van der Waals surface area (Å²) in [5.41, 5.74) is 0. The number of hydrogen-bond donors (Lipinski definition) is 0. The summed E-state index contributed by atoms with van der Waals surface area (Å²) >= 11 is 0. The maximum Gasteiger partial charge on any atom is 0.246 e. The fourth-order valence-corrected chi connectivity index (χ4v) is 3.78. The van der Waals surface area contributed by atoms with E-state index in [9.17, 15) is 8.42 Å².